The molecule has 0 aliphatic carbocycles. The van der Waals surface area contributed by atoms with Crippen molar-refractivity contribution in [3.63, 3.8) is 0 Å². The highest BCUT2D eigenvalue weighted by molar-refractivity contribution is 5.55. The van der Waals surface area contributed by atoms with Crippen LogP contribution in [0.1, 0.15) is 11.1 Å². The molecule has 0 amide bonds. The van der Waals surface area contributed by atoms with Crippen molar-refractivity contribution in [3.8, 4) is 17.6 Å². The highest BCUT2D eigenvalue weighted by Crippen LogP contribution is 2.31. The molecule has 1 aromatic carbocycles. The molecule has 3 heteroatoms. The third-order valence-electron chi connectivity index (χ3n) is 1.66. The van der Waals surface area contributed by atoms with Crippen LogP contribution in [0.2, 0.25) is 0 Å². The molecule has 0 spiro atoms. The van der Waals surface area contributed by atoms with Crippen LogP contribution in [0, 0.1) is 18.3 Å². The fraction of sp³-hybridized carbons (Fsp3) is 0.222. The fourth-order valence-electron chi connectivity index (χ4n) is 1.02. The molecule has 0 fully saturated rings. The summed E-state index contributed by atoms with van der Waals surface area (Å²) < 4.78 is 4.88. The summed E-state index contributed by atoms with van der Waals surface area (Å²) in [5.74, 6) is 0.247. The van der Waals surface area contributed by atoms with E-state index in [0.717, 1.165) is 5.56 Å². The van der Waals surface area contributed by atoms with Gasteiger partial charge in [0.2, 0.25) is 0 Å². The number of methoxy groups -OCH3 is 1. The molecule has 0 atom stereocenters. The number of benzene rings is 1. The molecule has 1 aromatic rings. The summed E-state index contributed by atoms with van der Waals surface area (Å²) in [4.78, 5) is 0. The van der Waals surface area contributed by atoms with Crippen LogP contribution >= 0.6 is 0 Å². The second kappa shape index (κ2) is 3.14. The van der Waals surface area contributed by atoms with Gasteiger partial charge in [-0.3, -0.25) is 0 Å². The number of aryl methyl sites for hydroxylation is 1. The zero-order valence-corrected chi connectivity index (χ0v) is 6.96. The fourth-order valence-corrected chi connectivity index (χ4v) is 1.02. The third kappa shape index (κ3) is 1.19. The zero-order chi connectivity index (χ0) is 9.14. The van der Waals surface area contributed by atoms with E-state index < -0.39 is 0 Å². The lowest BCUT2D eigenvalue weighted by Gasteiger charge is -2.06. The van der Waals surface area contributed by atoms with Crippen LogP contribution in [0.5, 0.6) is 11.5 Å². The lowest BCUT2D eigenvalue weighted by atomic mass is 10.1. The summed E-state index contributed by atoms with van der Waals surface area (Å²) in [7, 11) is 1.43. The molecule has 0 saturated heterocycles. The number of hydrogen-bond donors (Lipinski definition) is 1. The van der Waals surface area contributed by atoms with Gasteiger partial charge in [-0.05, 0) is 18.6 Å². The van der Waals surface area contributed by atoms with Crippen LogP contribution < -0.4 is 4.74 Å². The molecule has 0 aliphatic rings. The number of ether oxygens (including phenoxy) is 1. The van der Waals surface area contributed by atoms with E-state index in [1.165, 1.54) is 13.2 Å². The van der Waals surface area contributed by atoms with Gasteiger partial charge in [0.15, 0.2) is 11.5 Å². The zero-order valence-electron chi connectivity index (χ0n) is 6.96. The normalized spacial score (nSPS) is 9.08. The highest BCUT2D eigenvalue weighted by Gasteiger charge is 2.09. The first-order valence-corrected chi connectivity index (χ1v) is 3.47. The van der Waals surface area contributed by atoms with Gasteiger partial charge in [0.05, 0.1) is 7.11 Å². The number of phenols is 1. The van der Waals surface area contributed by atoms with Gasteiger partial charge in [-0.25, -0.2) is 0 Å². The van der Waals surface area contributed by atoms with E-state index in [9.17, 15) is 5.11 Å². The Morgan fingerprint density at radius 1 is 1.50 bits per heavy atom. The molecule has 0 heterocycles. The first-order valence-electron chi connectivity index (χ1n) is 3.47. The number of rotatable bonds is 1. The topological polar surface area (TPSA) is 53.2 Å². The highest BCUT2D eigenvalue weighted by atomic mass is 16.5. The number of aromatic hydroxyl groups is 1. The monoisotopic (exact) mass is 163 g/mol. The van der Waals surface area contributed by atoms with Crippen LogP contribution in [0.25, 0.3) is 0 Å². The molecular formula is C9H9NO2. The second-order valence-corrected chi connectivity index (χ2v) is 2.42. The van der Waals surface area contributed by atoms with Crippen molar-refractivity contribution >= 4 is 0 Å². The lowest BCUT2D eigenvalue weighted by molar-refractivity contribution is 0.372. The predicted octanol–water partition coefficient (Wildman–Crippen LogP) is 1.58. The Morgan fingerprint density at radius 2 is 2.17 bits per heavy atom. The van der Waals surface area contributed by atoms with Gasteiger partial charge < -0.3 is 9.84 Å². The molecule has 0 saturated carbocycles. The summed E-state index contributed by atoms with van der Waals surface area (Å²) in [5, 5.41) is 18.0. The molecule has 1 rings (SSSR count). The van der Waals surface area contributed by atoms with Crippen molar-refractivity contribution in [1.29, 1.82) is 5.26 Å². The molecular weight excluding hydrogens is 154 g/mol. The SMILES string of the molecule is COc1c(O)ccc(C)c1C#N. The van der Waals surface area contributed by atoms with Crippen LogP contribution in [0.3, 0.4) is 0 Å². The molecule has 1 N–H and O–H groups in total. The number of hydrogen-bond acceptors (Lipinski definition) is 3. The summed E-state index contributed by atoms with van der Waals surface area (Å²) >= 11 is 0. The van der Waals surface area contributed by atoms with Gasteiger partial charge >= 0.3 is 0 Å². The van der Waals surface area contributed by atoms with Crippen molar-refractivity contribution in [2.45, 2.75) is 6.92 Å². The smallest absolute Gasteiger partial charge is 0.178 e. The van der Waals surface area contributed by atoms with E-state index in [-0.39, 0.29) is 11.5 Å². The van der Waals surface area contributed by atoms with Gasteiger partial charge in [-0.2, -0.15) is 5.26 Å². The van der Waals surface area contributed by atoms with Gasteiger partial charge in [0.1, 0.15) is 11.6 Å². The molecule has 0 bridgehead atoms. The first kappa shape index (κ1) is 8.41. The maximum absolute atomic E-state index is 9.27. The Labute approximate surface area is 70.8 Å². The lowest BCUT2D eigenvalue weighted by Crippen LogP contribution is -1.91. The Kier molecular flexibility index (Phi) is 2.20. The molecule has 0 radical (unpaired) electrons. The molecule has 0 aliphatic heterocycles. The van der Waals surface area contributed by atoms with Crippen LogP contribution in [0.15, 0.2) is 12.1 Å². The Balaban J connectivity index is 3.41. The average molecular weight is 163 g/mol. The number of nitrogens with zero attached hydrogens (tertiary/aromatic N) is 1. The number of nitriles is 1. The van der Waals surface area contributed by atoms with Crippen LogP contribution in [-0.4, -0.2) is 12.2 Å². The van der Waals surface area contributed by atoms with E-state index in [1.54, 1.807) is 13.0 Å². The molecule has 12 heavy (non-hydrogen) atoms. The summed E-state index contributed by atoms with van der Waals surface area (Å²) in [6.07, 6.45) is 0. The third-order valence-corrected chi connectivity index (χ3v) is 1.66. The maximum Gasteiger partial charge on any atom is 0.178 e. The van der Waals surface area contributed by atoms with Crippen molar-refractivity contribution in [2.75, 3.05) is 7.11 Å². The van der Waals surface area contributed by atoms with Crippen molar-refractivity contribution in [3.05, 3.63) is 23.3 Å². The van der Waals surface area contributed by atoms with Crippen molar-refractivity contribution in [2.24, 2.45) is 0 Å². The Bertz CT molecular complexity index is 339. The first-order chi connectivity index (χ1) is 5.70. The molecule has 0 unspecified atom stereocenters. The predicted molar refractivity (Wildman–Crippen MR) is 44.1 cm³/mol. The van der Waals surface area contributed by atoms with E-state index in [1.807, 2.05) is 6.07 Å². The molecule has 3 nitrogen and oxygen atoms in total. The maximum atomic E-state index is 9.27. The van der Waals surface area contributed by atoms with E-state index in [4.69, 9.17) is 10.00 Å². The average Bonchev–Trinajstić information content (AvgIpc) is 2.08. The van der Waals surface area contributed by atoms with Crippen LogP contribution in [0.4, 0.5) is 0 Å². The quantitative estimate of drug-likeness (QED) is 0.683. The van der Waals surface area contributed by atoms with Crippen molar-refractivity contribution < 1.29 is 9.84 Å². The minimum Gasteiger partial charge on any atom is -0.504 e. The van der Waals surface area contributed by atoms with E-state index in [2.05, 4.69) is 0 Å². The van der Waals surface area contributed by atoms with E-state index in [0.29, 0.717) is 5.56 Å². The van der Waals surface area contributed by atoms with Gasteiger partial charge in [0, 0.05) is 0 Å². The van der Waals surface area contributed by atoms with Gasteiger partial charge in [-0.1, -0.05) is 6.07 Å². The standard InChI is InChI=1S/C9H9NO2/c1-6-3-4-8(11)9(12-2)7(6)5-10/h3-4,11H,1-2H3. The minimum atomic E-state index is -0.000324. The van der Waals surface area contributed by atoms with E-state index >= 15 is 0 Å². The summed E-state index contributed by atoms with van der Waals surface area (Å²) in [5.41, 5.74) is 1.18. The number of phenolic OH excluding ortho intramolecular Hbond substituents is 1. The largest absolute Gasteiger partial charge is 0.504 e. The van der Waals surface area contributed by atoms with Crippen LogP contribution in [-0.2, 0) is 0 Å². The van der Waals surface area contributed by atoms with Crippen molar-refractivity contribution in [1.82, 2.24) is 0 Å². The second-order valence-electron chi connectivity index (χ2n) is 2.42. The summed E-state index contributed by atoms with van der Waals surface area (Å²) in [6, 6.07) is 5.16. The molecule has 0 aromatic heterocycles. The van der Waals surface area contributed by atoms with Gasteiger partial charge in [-0.15, -0.1) is 0 Å². The summed E-state index contributed by atoms with van der Waals surface area (Å²) in [6.45, 7) is 1.79. The minimum absolute atomic E-state index is 0.000324. The molecule has 62 valence electrons. The Morgan fingerprint density at radius 3 is 2.58 bits per heavy atom. The van der Waals surface area contributed by atoms with Gasteiger partial charge in [0.25, 0.3) is 0 Å². The Hall–Kier alpha value is -1.69.